The fraction of sp³-hybridized carbons (Fsp3) is 0.588. The topological polar surface area (TPSA) is 41.3 Å². The molecule has 2 aliphatic rings. The van der Waals surface area contributed by atoms with Crippen molar-refractivity contribution in [3.63, 3.8) is 0 Å². The second-order valence-corrected chi connectivity index (χ2v) is 7.45. The standard InChI is InChI=1S/C17H23N3OS/c1-2-6-17(7-3-1)13-18-8-9-20(17)11-14-12-21-16(19-14)15-5-4-10-22-15/h4-5,10,12,18H,1-3,6-9,11,13H2. The first-order valence-electron chi connectivity index (χ1n) is 8.30. The van der Waals surface area contributed by atoms with E-state index in [4.69, 9.17) is 9.40 Å². The number of nitrogens with one attached hydrogen (secondary N) is 1. The van der Waals surface area contributed by atoms with E-state index in [0.717, 1.165) is 42.6 Å². The van der Waals surface area contributed by atoms with E-state index in [1.54, 1.807) is 11.3 Å². The number of nitrogens with zero attached hydrogens (tertiary/aromatic N) is 2. The van der Waals surface area contributed by atoms with Crippen LogP contribution in [0.1, 0.15) is 37.8 Å². The number of piperazine rings is 1. The highest BCUT2D eigenvalue weighted by atomic mass is 32.1. The van der Waals surface area contributed by atoms with Gasteiger partial charge in [-0.05, 0) is 24.3 Å². The molecule has 2 aromatic rings. The molecule has 0 bridgehead atoms. The molecule has 0 amide bonds. The quantitative estimate of drug-likeness (QED) is 0.940. The Morgan fingerprint density at radius 1 is 1.32 bits per heavy atom. The molecule has 4 nitrogen and oxygen atoms in total. The van der Waals surface area contributed by atoms with Gasteiger partial charge in [0, 0.05) is 31.7 Å². The Balaban J connectivity index is 1.51. The fourth-order valence-electron chi connectivity index (χ4n) is 3.92. The zero-order chi connectivity index (χ0) is 14.8. The zero-order valence-electron chi connectivity index (χ0n) is 12.9. The Morgan fingerprint density at radius 2 is 2.23 bits per heavy atom. The molecule has 22 heavy (non-hydrogen) atoms. The Labute approximate surface area is 135 Å². The van der Waals surface area contributed by atoms with Gasteiger partial charge in [0.25, 0.3) is 0 Å². The van der Waals surface area contributed by atoms with E-state index in [0.29, 0.717) is 5.54 Å². The summed E-state index contributed by atoms with van der Waals surface area (Å²) >= 11 is 1.68. The lowest BCUT2D eigenvalue weighted by molar-refractivity contribution is 0.0199. The van der Waals surface area contributed by atoms with Gasteiger partial charge in [-0.3, -0.25) is 4.90 Å². The van der Waals surface area contributed by atoms with Crippen LogP contribution in [0, 0.1) is 0 Å². The third-order valence-corrected chi connectivity index (χ3v) is 5.96. The molecule has 3 heterocycles. The monoisotopic (exact) mass is 317 g/mol. The van der Waals surface area contributed by atoms with Crippen LogP contribution in [0.2, 0.25) is 0 Å². The van der Waals surface area contributed by atoms with Crippen molar-refractivity contribution >= 4 is 11.3 Å². The smallest absolute Gasteiger partial charge is 0.236 e. The number of rotatable bonds is 3. The lowest BCUT2D eigenvalue weighted by Crippen LogP contribution is -2.61. The molecule has 0 atom stereocenters. The van der Waals surface area contributed by atoms with Gasteiger partial charge in [-0.25, -0.2) is 4.98 Å². The largest absolute Gasteiger partial charge is 0.444 e. The summed E-state index contributed by atoms with van der Waals surface area (Å²) in [4.78, 5) is 8.47. The third-order valence-electron chi connectivity index (χ3n) is 5.10. The van der Waals surface area contributed by atoms with Crippen LogP contribution in [0.5, 0.6) is 0 Å². The minimum atomic E-state index is 0.346. The molecular weight excluding hydrogens is 294 g/mol. The molecule has 0 unspecified atom stereocenters. The van der Waals surface area contributed by atoms with Gasteiger partial charge in [0.2, 0.25) is 5.89 Å². The van der Waals surface area contributed by atoms with Crippen LogP contribution >= 0.6 is 11.3 Å². The van der Waals surface area contributed by atoms with Gasteiger partial charge in [-0.1, -0.05) is 25.3 Å². The molecule has 2 aromatic heterocycles. The summed E-state index contributed by atoms with van der Waals surface area (Å²) < 4.78 is 5.68. The second-order valence-electron chi connectivity index (χ2n) is 6.50. The van der Waals surface area contributed by atoms with Crippen molar-refractivity contribution in [3.05, 3.63) is 29.5 Å². The van der Waals surface area contributed by atoms with Crippen LogP contribution in [0.4, 0.5) is 0 Å². The van der Waals surface area contributed by atoms with E-state index in [9.17, 15) is 0 Å². The van der Waals surface area contributed by atoms with E-state index in [1.807, 2.05) is 12.3 Å². The van der Waals surface area contributed by atoms with Crippen molar-refractivity contribution < 1.29 is 4.42 Å². The minimum absolute atomic E-state index is 0.346. The van der Waals surface area contributed by atoms with Gasteiger partial charge in [0.05, 0.1) is 10.6 Å². The minimum Gasteiger partial charge on any atom is -0.444 e. The van der Waals surface area contributed by atoms with E-state index in [1.165, 1.54) is 32.1 Å². The van der Waals surface area contributed by atoms with Crippen molar-refractivity contribution in [1.29, 1.82) is 0 Å². The highest BCUT2D eigenvalue weighted by Gasteiger charge is 2.39. The van der Waals surface area contributed by atoms with Crippen molar-refractivity contribution in [2.75, 3.05) is 19.6 Å². The lowest BCUT2D eigenvalue weighted by Gasteiger charge is -2.49. The molecule has 4 rings (SSSR count). The summed E-state index contributed by atoms with van der Waals surface area (Å²) in [6.45, 7) is 4.23. The molecular formula is C17H23N3OS. The average molecular weight is 317 g/mol. The van der Waals surface area contributed by atoms with Crippen LogP contribution < -0.4 is 5.32 Å². The van der Waals surface area contributed by atoms with Crippen LogP contribution in [-0.2, 0) is 6.54 Å². The first-order chi connectivity index (χ1) is 10.9. The van der Waals surface area contributed by atoms with Crippen molar-refractivity contribution in [2.24, 2.45) is 0 Å². The molecule has 5 heteroatoms. The Kier molecular flexibility index (Phi) is 4.03. The summed E-state index contributed by atoms with van der Waals surface area (Å²) in [6.07, 6.45) is 8.58. The number of hydrogen-bond donors (Lipinski definition) is 1. The molecule has 1 N–H and O–H groups in total. The van der Waals surface area contributed by atoms with E-state index in [-0.39, 0.29) is 0 Å². The molecule has 118 valence electrons. The number of hydrogen-bond acceptors (Lipinski definition) is 5. The molecule has 2 fully saturated rings. The highest BCUT2D eigenvalue weighted by molar-refractivity contribution is 7.13. The zero-order valence-corrected chi connectivity index (χ0v) is 13.7. The molecule has 0 radical (unpaired) electrons. The Bertz CT molecular complexity index is 593. The average Bonchev–Trinajstić information content (AvgIpc) is 3.22. The summed E-state index contributed by atoms with van der Waals surface area (Å²) in [5.74, 6) is 0.762. The predicted octanol–water partition coefficient (Wildman–Crippen LogP) is 3.51. The molecule has 1 saturated heterocycles. The van der Waals surface area contributed by atoms with E-state index in [2.05, 4.69) is 21.7 Å². The third kappa shape index (κ3) is 2.73. The normalized spacial score (nSPS) is 22.2. The van der Waals surface area contributed by atoms with Crippen LogP contribution in [0.3, 0.4) is 0 Å². The van der Waals surface area contributed by atoms with Gasteiger partial charge in [0.1, 0.15) is 6.26 Å². The first-order valence-corrected chi connectivity index (χ1v) is 9.18. The summed E-state index contributed by atoms with van der Waals surface area (Å²) in [5, 5.41) is 5.67. The number of oxazole rings is 1. The maximum absolute atomic E-state index is 5.68. The maximum Gasteiger partial charge on any atom is 0.236 e. The summed E-state index contributed by atoms with van der Waals surface area (Å²) in [7, 11) is 0. The summed E-state index contributed by atoms with van der Waals surface area (Å²) in [5.41, 5.74) is 1.41. The maximum atomic E-state index is 5.68. The van der Waals surface area contributed by atoms with Crippen LogP contribution in [-0.4, -0.2) is 35.1 Å². The van der Waals surface area contributed by atoms with Gasteiger partial charge in [-0.2, -0.15) is 0 Å². The van der Waals surface area contributed by atoms with Crippen molar-refractivity contribution in [3.8, 4) is 10.8 Å². The van der Waals surface area contributed by atoms with Gasteiger partial charge >= 0.3 is 0 Å². The Hall–Kier alpha value is -1.17. The van der Waals surface area contributed by atoms with E-state index >= 15 is 0 Å². The van der Waals surface area contributed by atoms with Crippen molar-refractivity contribution in [2.45, 2.75) is 44.2 Å². The molecule has 1 aliphatic carbocycles. The number of aromatic nitrogens is 1. The van der Waals surface area contributed by atoms with Gasteiger partial charge < -0.3 is 9.73 Å². The van der Waals surface area contributed by atoms with Gasteiger partial charge in [-0.15, -0.1) is 11.3 Å². The van der Waals surface area contributed by atoms with Crippen LogP contribution in [0.15, 0.2) is 28.2 Å². The van der Waals surface area contributed by atoms with Crippen LogP contribution in [0.25, 0.3) is 10.8 Å². The van der Waals surface area contributed by atoms with Gasteiger partial charge in [0.15, 0.2) is 0 Å². The highest BCUT2D eigenvalue weighted by Crippen LogP contribution is 2.35. The fourth-order valence-corrected chi connectivity index (χ4v) is 4.58. The van der Waals surface area contributed by atoms with Crippen molar-refractivity contribution in [1.82, 2.24) is 15.2 Å². The summed E-state index contributed by atoms with van der Waals surface area (Å²) in [6, 6.07) is 4.10. The first kappa shape index (κ1) is 14.4. The molecule has 1 spiro atoms. The SMILES string of the molecule is c1csc(-c2nc(CN3CCNCC34CCCCC4)co2)c1. The Morgan fingerprint density at radius 3 is 3.05 bits per heavy atom. The number of thiophene rings is 1. The molecule has 1 aliphatic heterocycles. The predicted molar refractivity (Wildman–Crippen MR) is 88.9 cm³/mol. The second kappa shape index (κ2) is 6.14. The van der Waals surface area contributed by atoms with E-state index < -0.39 is 0 Å². The molecule has 0 aromatic carbocycles. The lowest BCUT2D eigenvalue weighted by atomic mass is 9.79. The molecule has 1 saturated carbocycles.